The number of aryl methyl sites for hydroxylation is 1. The van der Waals surface area contributed by atoms with Crippen LogP contribution in [0.1, 0.15) is 26.1 Å². The van der Waals surface area contributed by atoms with Crippen LogP contribution in [-0.2, 0) is 4.79 Å². The summed E-state index contributed by atoms with van der Waals surface area (Å²) in [7, 11) is 0. The quantitative estimate of drug-likeness (QED) is 0.794. The van der Waals surface area contributed by atoms with Crippen LogP contribution >= 0.6 is 11.5 Å². The first kappa shape index (κ1) is 12.1. The Morgan fingerprint density at radius 1 is 1.53 bits per heavy atom. The first-order chi connectivity index (χ1) is 7.08. The molecule has 6 heteroatoms. The molecule has 0 unspecified atom stereocenters. The summed E-state index contributed by atoms with van der Waals surface area (Å²) in [6.07, 6.45) is 0.455. The lowest BCUT2D eigenvalue weighted by Crippen LogP contribution is -2.27. The Balaban J connectivity index is 2.24. The van der Waals surface area contributed by atoms with Gasteiger partial charge in [-0.1, -0.05) is 13.8 Å². The number of aromatic nitrogens is 2. The first-order valence-corrected chi connectivity index (χ1v) is 5.69. The molecular weight excluding hydrogens is 212 g/mol. The molecule has 0 atom stereocenters. The highest BCUT2D eigenvalue weighted by atomic mass is 32.1. The number of carbonyl (C=O) groups is 1. The Bertz CT molecular complexity index is 324. The van der Waals surface area contributed by atoms with Gasteiger partial charge in [-0.2, -0.15) is 4.37 Å². The van der Waals surface area contributed by atoms with E-state index in [1.165, 1.54) is 11.5 Å². The second-order valence-electron chi connectivity index (χ2n) is 3.55. The molecule has 0 saturated carbocycles. The fourth-order valence-corrected chi connectivity index (χ4v) is 1.60. The molecule has 1 aromatic heterocycles. The van der Waals surface area contributed by atoms with Gasteiger partial charge in [0.25, 0.3) is 0 Å². The van der Waals surface area contributed by atoms with Crippen molar-refractivity contribution >= 4 is 22.6 Å². The predicted octanol–water partition coefficient (Wildman–Crippen LogP) is 1.17. The Kier molecular flexibility index (Phi) is 4.64. The molecule has 0 radical (unpaired) electrons. The predicted molar refractivity (Wildman–Crippen MR) is 61.0 cm³/mol. The highest BCUT2D eigenvalue weighted by Gasteiger charge is 2.05. The van der Waals surface area contributed by atoms with Gasteiger partial charge in [-0.05, 0) is 6.92 Å². The summed E-state index contributed by atoms with van der Waals surface area (Å²) in [6.45, 7) is 6.58. The van der Waals surface area contributed by atoms with Gasteiger partial charge in [0.05, 0.1) is 0 Å². The van der Waals surface area contributed by atoms with E-state index >= 15 is 0 Å². The van der Waals surface area contributed by atoms with Crippen molar-refractivity contribution in [2.45, 2.75) is 33.2 Å². The van der Waals surface area contributed by atoms with Gasteiger partial charge >= 0.3 is 0 Å². The van der Waals surface area contributed by atoms with Crippen molar-refractivity contribution in [2.24, 2.45) is 0 Å². The Morgan fingerprint density at radius 3 is 2.80 bits per heavy atom. The first-order valence-electron chi connectivity index (χ1n) is 4.91. The van der Waals surface area contributed by atoms with E-state index in [1.54, 1.807) is 6.92 Å². The average molecular weight is 228 g/mol. The summed E-state index contributed by atoms with van der Waals surface area (Å²) in [4.78, 5) is 15.4. The van der Waals surface area contributed by atoms with Crippen LogP contribution in [0.15, 0.2) is 0 Å². The van der Waals surface area contributed by atoms with Crippen molar-refractivity contribution in [3.63, 3.8) is 0 Å². The van der Waals surface area contributed by atoms with Crippen molar-refractivity contribution in [3.8, 4) is 0 Å². The smallest absolute Gasteiger partial charge is 0.227 e. The third-order valence-corrected chi connectivity index (χ3v) is 2.40. The van der Waals surface area contributed by atoms with Crippen LogP contribution in [0.2, 0.25) is 0 Å². The van der Waals surface area contributed by atoms with Crippen LogP contribution in [0, 0.1) is 6.92 Å². The lowest BCUT2D eigenvalue weighted by molar-refractivity contribution is -0.116. The van der Waals surface area contributed by atoms with E-state index in [-0.39, 0.29) is 5.91 Å². The summed E-state index contributed by atoms with van der Waals surface area (Å²) in [5.41, 5.74) is 0. The van der Waals surface area contributed by atoms with Gasteiger partial charge in [0, 0.05) is 30.5 Å². The lowest BCUT2D eigenvalue weighted by Gasteiger charge is -2.06. The standard InChI is InChI=1S/C9H16N4OS/c1-6(2)10-5-4-8(14)12-9-11-7(3)13-15-9/h6,10H,4-5H2,1-3H3,(H,11,12,13,14). The summed E-state index contributed by atoms with van der Waals surface area (Å²) in [6, 6.07) is 0.404. The van der Waals surface area contributed by atoms with Gasteiger partial charge in [0.15, 0.2) is 0 Å². The number of nitrogens with zero attached hydrogens (tertiary/aromatic N) is 2. The highest BCUT2D eigenvalue weighted by molar-refractivity contribution is 7.09. The minimum absolute atomic E-state index is 0.0284. The van der Waals surface area contributed by atoms with Gasteiger partial charge in [0.1, 0.15) is 5.82 Å². The molecule has 0 fully saturated rings. The van der Waals surface area contributed by atoms with Crippen LogP contribution in [0.3, 0.4) is 0 Å². The fourth-order valence-electron chi connectivity index (χ4n) is 1.00. The van der Waals surface area contributed by atoms with E-state index in [0.29, 0.717) is 30.0 Å². The van der Waals surface area contributed by atoms with Crippen LogP contribution in [0.5, 0.6) is 0 Å². The maximum absolute atomic E-state index is 11.4. The molecule has 84 valence electrons. The molecular formula is C9H16N4OS. The maximum atomic E-state index is 11.4. The number of rotatable bonds is 5. The number of hydrogen-bond acceptors (Lipinski definition) is 5. The van der Waals surface area contributed by atoms with Crippen LogP contribution in [0.25, 0.3) is 0 Å². The number of carbonyl (C=O) groups excluding carboxylic acids is 1. The zero-order valence-electron chi connectivity index (χ0n) is 9.20. The Labute approximate surface area is 93.5 Å². The number of nitrogens with one attached hydrogen (secondary N) is 2. The summed E-state index contributed by atoms with van der Waals surface area (Å²) >= 11 is 1.20. The van der Waals surface area contributed by atoms with Crippen molar-refractivity contribution in [1.29, 1.82) is 0 Å². The molecule has 0 aliphatic rings. The number of hydrogen-bond donors (Lipinski definition) is 2. The molecule has 0 spiro atoms. The summed E-state index contributed by atoms with van der Waals surface area (Å²) < 4.78 is 3.98. The summed E-state index contributed by atoms with van der Waals surface area (Å²) in [5, 5.41) is 6.45. The van der Waals surface area contributed by atoms with Gasteiger partial charge in [0.2, 0.25) is 11.0 Å². The van der Waals surface area contributed by atoms with Crippen LogP contribution in [0.4, 0.5) is 5.13 Å². The highest BCUT2D eigenvalue weighted by Crippen LogP contribution is 2.09. The molecule has 0 aliphatic heterocycles. The molecule has 5 nitrogen and oxygen atoms in total. The molecule has 1 rings (SSSR count). The molecule has 0 aliphatic carbocycles. The van der Waals surface area contributed by atoms with E-state index in [1.807, 2.05) is 13.8 Å². The average Bonchev–Trinajstić information content (AvgIpc) is 2.50. The SMILES string of the molecule is Cc1nsc(NC(=O)CCNC(C)C)n1. The van der Waals surface area contributed by atoms with E-state index in [2.05, 4.69) is 20.0 Å². The molecule has 1 heterocycles. The zero-order chi connectivity index (χ0) is 11.3. The topological polar surface area (TPSA) is 66.9 Å². The molecule has 1 amide bonds. The van der Waals surface area contributed by atoms with Gasteiger partial charge in [-0.3, -0.25) is 4.79 Å². The van der Waals surface area contributed by atoms with Crippen LogP contribution in [-0.4, -0.2) is 27.9 Å². The van der Waals surface area contributed by atoms with E-state index in [4.69, 9.17) is 0 Å². The Morgan fingerprint density at radius 2 is 2.27 bits per heavy atom. The fraction of sp³-hybridized carbons (Fsp3) is 0.667. The van der Waals surface area contributed by atoms with Crippen molar-refractivity contribution in [3.05, 3.63) is 5.82 Å². The maximum Gasteiger partial charge on any atom is 0.227 e. The second kappa shape index (κ2) is 5.77. The monoisotopic (exact) mass is 228 g/mol. The number of anilines is 1. The van der Waals surface area contributed by atoms with Crippen molar-refractivity contribution < 1.29 is 4.79 Å². The van der Waals surface area contributed by atoms with Crippen molar-refractivity contribution in [1.82, 2.24) is 14.7 Å². The second-order valence-corrected chi connectivity index (χ2v) is 4.31. The molecule has 0 bridgehead atoms. The van der Waals surface area contributed by atoms with E-state index in [0.717, 1.165) is 0 Å². The molecule has 1 aromatic rings. The minimum atomic E-state index is -0.0284. The lowest BCUT2D eigenvalue weighted by atomic mass is 10.3. The largest absolute Gasteiger partial charge is 0.314 e. The third-order valence-electron chi connectivity index (χ3n) is 1.68. The van der Waals surface area contributed by atoms with Gasteiger partial charge in [-0.15, -0.1) is 0 Å². The van der Waals surface area contributed by atoms with E-state index in [9.17, 15) is 4.79 Å². The molecule has 0 aromatic carbocycles. The zero-order valence-corrected chi connectivity index (χ0v) is 10.0. The minimum Gasteiger partial charge on any atom is -0.314 e. The van der Waals surface area contributed by atoms with E-state index < -0.39 is 0 Å². The van der Waals surface area contributed by atoms with Crippen molar-refractivity contribution in [2.75, 3.05) is 11.9 Å². The Hall–Kier alpha value is -1.01. The molecule has 15 heavy (non-hydrogen) atoms. The normalized spacial score (nSPS) is 10.7. The third kappa shape index (κ3) is 4.85. The van der Waals surface area contributed by atoms with Gasteiger partial charge < -0.3 is 10.6 Å². The molecule has 0 saturated heterocycles. The summed E-state index contributed by atoms with van der Waals surface area (Å²) in [5.74, 6) is 0.662. The van der Waals surface area contributed by atoms with Crippen LogP contribution < -0.4 is 10.6 Å². The van der Waals surface area contributed by atoms with Gasteiger partial charge in [-0.25, -0.2) is 4.98 Å². The molecule has 2 N–H and O–H groups in total. The number of amides is 1.